The molecule has 4 aromatic rings. The molecule has 4 rings (SSSR count). The molecule has 0 aliphatic heterocycles. The van der Waals surface area contributed by atoms with Gasteiger partial charge in [-0.3, -0.25) is 15.2 Å². The Morgan fingerprint density at radius 2 is 1.96 bits per heavy atom. The minimum atomic E-state index is -0.973. The molecule has 0 spiro atoms. The van der Waals surface area contributed by atoms with Gasteiger partial charge in [0.05, 0.1) is 15.7 Å². The topological polar surface area (TPSA) is 70.7 Å². The summed E-state index contributed by atoms with van der Waals surface area (Å²) in [6, 6.07) is 9.28. The number of carbonyl (C=O) groups is 1. The molecule has 1 amide bonds. The van der Waals surface area contributed by atoms with Crippen molar-refractivity contribution in [1.82, 2.24) is 15.2 Å². The Hall–Kier alpha value is -2.87. The van der Waals surface area contributed by atoms with E-state index in [1.807, 2.05) is 12.1 Å². The van der Waals surface area contributed by atoms with Crippen molar-refractivity contribution in [3.63, 3.8) is 0 Å². The van der Waals surface area contributed by atoms with E-state index in [-0.39, 0.29) is 16.3 Å². The van der Waals surface area contributed by atoms with Gasteiger partial charge in [-0.1, -0.05) is 29.5 Å². The molecular formula is C15H8F2N4OS. The number of nitrogens with zero attached hydrogens (tertiary/aromatic N) is 2. The quantitative estimate of drug-likeness (QED) is 0.589. The molecule has 0 aliphatic rings. The van der Waals surface area contributed by atoms with Crippen LogP contribution in [-0.2, 0) is 0 Å². The van der Waals surface area contributed by atoms with Gasteiger partial charge in [-0.2, -0.15) is 5.10 Å². The molecule has 0 aliphatic carbocycles. The predicted molar refractivity (Wildman–Crippen MR) is 83.6 cm³/mol. The van der Waals surface area contributed by atoms with Crippen LogP contribution in [0.1, 0.15) is 10.5 Å². The number of nitrogens with one attached hydrogen (secondary N) is 2. The molecule has 8 heteroatoms. The van der Waals surface area contributed by atoms with E-state index in [0.717, 1.165) is 29.0 Å². The highest BCUT2D eigenvalue weighted by atomic mass is 32.1. The van der Waals surface area contributed by atoms with Crippen molar-refractivity contribution >= 4 is 43.5 Å². The van der Waals surface area contributed by atoms with E-state index in [2.05, 4.69) is 20.5 Å². The standard InChI is InChI=1S/C15H8F2N4OS/c16-8-5-11-12(6-9(8)17)23-15(18-11)19-14(22)13-7-3-1-2-4-10(7)20-21-13/h1-6H,(H,20,21)(H,18,19,22). The number of amides is 1. The van der Waals surface area contributed by atoms with Crippen LogP contribution in [0.3, 0.4) is 0 Å². The summed E-state index contributed by atoms with van der Waals surface area (Å²) in [7, 11) is 0. The Labute approximate surface area is 132 Å². The van der Waals surface area contributed by atoms with E-state index < -0.39 is 17.5 Å². The number of aromatic amines is 1. The monoisotopic (exact) mass is 330 g/mol. The lowest BCUT2D eigenvalue weighted by Crippen LogP contribution is -2.12. The maximum absolute atomic E-state index is 13.2. The first-order valence-corrected chi connectivity index (χ1v) is 7.43. The van der Waals surface area contributed by atoms with Crippen LogP contribution in [0.2, 0.25) is 0 Å². The molecule has 0 radical (unpaired) electrons. The summed E-state index contributed by atoms with van der Waals surface area (Å²) in [5.41, 5.74) is 1.26. The first-order valence-electron chi connectivity index (χ1n) is 6.62. The summed E-state index contributed by atoms with van der Waals surface area (Å²) in [4.78, 5) is 16.4. The maximum Gasteiger partial charge on any atom is 0.278 e. The lowest BCUT2D eigenvalue weighted by Gasteiger charge is -1.98. The van der Waals surface area contributed by atoms with E-state index >= 15 is 0 Å². The molecule has 0 atom stereocenters. The van der Waals surface area contributed by atoms with Gasteiger partial charge in [-0.15, -0.1) is 0 Å². The molecule has 0 bridgehead atoms. The first-order chi connectivity index (χ1) is 11.1. The molecule has 0 saturated carbocycles. The number of carbonyl (C=O) groups excluding carboxylic acids is 1. The molecular weight excluding hydrogens is 322 g/mol. The number of hydrogen-bond acceptors (Lipinski definition) is 4. The lowest BCUT2D eigenvalue weighted by atomic mass is 10.2. The molecule has 0 unspecified atom stereocenters. The van der Waals surface area contributed by atoms with E-state index in [9.17, 15) is 13.6 Å². The van der Waals surface area contributed by atoms with Crippen molar-refractivity contribution in [2.24, 2.45) is 0 Å². The van der Waals surface area contributed by atoms with Crippen molar-refractivity contribution < 1.29 is 13.6 Å². The third-order valence-electron chi connectivity index (χ3n) is 3.34. The molecule has 2 N–H and O–H groups in total. The van der Waals surface area contributed by atoms with Gasteiger partial charge in [0.1, 0.15) is 0 Å². The molecule has 0 fully saturated rings. The summed E-state index contributed by atoms with van der Waals surface area (Å²) in [5.74, 6) is -2.36. The molecule has 2 aromatic carbocycles. The van der Waals surface area contributed by atoms with Crippen LogP contribution in [-0.4, -0.2) is 21.1 Å². The van der Waals surface area contributed by atoms with Crippen molar-refractivity contribution in [2.75, 3.05) is 5.32 Å². The number of halogens is 2. The third-order valence-corrected chi connectivity index (χ3v) is 4.27. The van der Waals surface area contributed by atoms with E-state index in [1.165, 1.54) is 0 Å². The Kier molecular flexibility index (Phi) is 3.05. The number of H-pyrrole nitrogens is 1. The molecule has 2 heterocycles. The van der Waals surface area contributed by atoms with Crippen molar-refractivity contribution in [3.8, 4) is 0 Å². The van der Waals surface area contributed by atoms with Crippen molar-refractivity contribution in [1.29, 1.82) is 0 Å². The molecule has 114 valence electrons. The van der Waals surface area contributed by atoms with Crippen LogP contribution in [0.25, 0.3) is 21.1 Å². The summed E-state index contributed by atoms with van der Waals surface area (Å²) in [6.45, 7) is 0. The fraction of sp³-hybridized carbons (Fsp3) is 0. The molecule has 2 aromatic heterocycles. The molecule has 5 nitrogen and oxygen atoms in total. The zero-order valence-electron chi connectivity index (χ0n) is 11.4. The van der Waals surface area contributed by atoms with Crippen LogP contribution >= 0.6 is 11.3 Å². The van der Waals surface area contributed by atoms with Gasteiger partial charge in [0.2, 0.25) is 0 Å². The van der Waals surface area contributed by atoms with Gasteiger partial charge in [0.25, 0.3) is 5.91 Å². The number of para-hydroxylation sites is 1. The molecule has 0 saturated heterocycles. The Balaban J connectivity index is 1.68. The second-order valence-electron chi connectivity index (χ2n) is 4.82. The van der Waals surface area contributed by atoms with Gasteiger partial charge >= 0.3 is 0 Å². The van der Waals surface area contributed by atoms with Gasteiger partial charge in [0.15, 0.2) is 22.5 Å². The van der Waals surface area contributed by atoms with Gasteiger partial charge in [-0.05, 0) is 12.1 Å². The van der Waals surface area contributed by atoms with Crippen LogP contribution in [0.15, 0.2) is 36.4 Å². The third kappa shape index (κ3) is 2.33. The second kappa shape index (κ2) is 5.10. The SMILES string of the molecule is O=C(Nc1nc2cc(F)c(F)cc2s1)c1n[nH]c2ccccc12. The highest BCUT2D eigenvalue weighted by Crippen LogP contribution is 2.28. The zero-order chi connectivity index (χ0) is 16.0. The number of thiazole rings is 1. The number of fused-ring (bicyclic) bond motifs is 2. The van der Waals surface area contributed by atoms with Crippen molar-refractivity contribution in [2.45, 2.75) is 0 Å². The van der Waals surface area contributed by atoms with E-state index in [0.29, 0.717) is 10.1 Å². The van der Waals surface area contributed by atoms with Crippen LogP contribution < -0.4 is 5.32 Å². The summed E-state index contributed by atoms with van der Waals surface area (Å²) in [6.07, 6.45) is 0. The van der Waals surface area contributed by atoms with Crippen LogP contribution in [0.4, 0.5) is 13.9 Å². The number of hydrogen-bond donors (Lipinski definition) is 2. The maximum atomic E-state index is 13.2. The first kappa shape index (κ1) is 13.8. The minimum absolute atomic E-state index is 0.234. The Morgan fingerprint density at radius 1 is 1.17 bits per heavy atom. The number of anilines is 1. The second-order valence-corrected chi connectivity index (χ2v) is 5.86. The fourth-order valence-electron chi connectivity index (χ4n) is 2.27. The Bertz CT molecular complexity index is 1020. The van der Waals surface area contributed by atoms with Gasteiger partial charge < -0.3 is 0 Å². The number of aromatic nitrogens is 3. The largest absolute Gasteiger partial charge is 0.296 e. The smallest absolute Gasteiger partial charge is 0.278 e. The van der Waals surface area contributed by atoms with E-state index in [1.54, 1.807) is 12.1 Å². The van der Waals surface area contributed by atoms with Gasteiger partial charge in [0, 0.05) is 11.5 Å². The van der Waals surface area contributed by atoms with Crippen LogP contribution in [0, 0.1) is 11.6 Å². The van der Waals surface area contributed by atoms with Crippen LogP contribution in [0.5, 0.6) is 0 Å². The minimum Gasteiger partial charge on any atom is -0.296 e. The predicted octanol–water partition coefficient (Wildman–Crippen LogP) is 3.70. The van der Waals surface area contributed by atoms with Gasteiger partial charge in [-0.25, -0.2) is 13.8 Å². The number of rotatable bonds is 2. The zero-order valence-corrected chi connectivity index (χ0v) is 12.2. The highest BCUT2D eigenvalue weighted by Gasteiger charge is 2.16. The van der Waals surface area contributed by atoms with E-state index in [4.69, 9.17) is 0 Å². The Morgan fingerprint density at radius 3 is 2.83 bits per heavy atom. The summed E-state index contributed by atoms with van der Waals surface area (Å²) < 4.78 is 26.9. The summed E-state index contributed by atoms with van der Waals surface area (Å²) in [5, 5.41) is 10.3. The highest BCUT2D eigenvalue weighted by molar-refractivity contribution is 7.22. The van der Waals surface area contributed by atoms with Crippen molar-refractivity contribution in [3.05, 3.63) is 53.7 Å². The average molecular weight is 330 g/mol. The fourth-order valence-corrected chi connectivity index (χ4v) is 3.14. The molecule has 23 heavy (non-hydrogen) atoms. The normalized spacial score (nSPS) is 11.2. The average Bonchev–Trinajstić information content (AvgIpc) is 3.11. The summed E-state index contributed by atoms with van der Waals surface area (Å²) >= 11 is 1.06. The number of benzene rings is 2. The lowest BCUT2D eigenvalue weighted by molar-refractivity contribution is 0.102.